The Morgan fingerprint density at radius 1 is 1.21 bits per heavy atom. The maximum atomic E-state index is 12.8. The molecule has 3 aromatic rings. The Kier molecular flexibility index (Phi) is 5.38. The zero-order valence-electron chi connectivity index (χ0n) is 16.6. The molecule has 146 valence electrons. The first-order valence-electron chi connectivity index (χ1n) is 9.66. The van der Waals surface area contributed by atoms with Crippen LogP contribution in [0.4, 0.5) is 0 Å². The van der Waals surface area contributed by atoms with Gasteiger partial charge in [-0.3, -0.25) is 9.69 Å². The second kappa shape index (κ2) is 7.94. The monoisotopic (exact) mass is 394 g/mol. The number of hydrogen-bond donors (Lipinski definition) is 0. The average Bonchev–Trinajstić information content (AvgIpc) is 3.19. The van der Waals surface area contributed by atoms with Gasteiger partial charge in [-0.25, -0.2) is 0 Å². The van der Waals surface area contributed by atoms with Gasteiger partial charge >= 0.3 is 0 Å². The van der Waals surface area contributed by atoms with Gasteiger partial charge in [0.05, 0.1) is 13.7 Å². The van der Waals surface area contributed by atoms with Gasteiger partial charge in [-0.05, 0) is 64.9 Å². The van der Waals surface area contributed by atoms with Gasteiger partial charge in [0.2, 0.25) is 5.91 Å². The normalized spacial score (nSPS) is 16.8. The van der Waals surface area contributed by atoms with Gasteiger partial charge in [-0.15, -0.1) is 11.3 Å². The van der Waals surface area contributed by atoms with Gasteiger partial charge in [0.25, 0.3) is 0 Å². The molecular weight excluding hydrogens is 368 g/mol. The minimum Gasteiger partial charge on any atom is -0.497 e. The molecule has 0 saturated heterocycles. The molecule has 0 fully saturated rings. The molecule has 4 rings (SSSR count). The van der Waals surface area contributed by atoms with Crippen LogP contribution in [0.3, 0.4) is 0 Å². The third-order valence-electron chi connectivity index (χ3n) is 5.70. The molecule has 0 saturated carbocycles. The summed E-state index contributed by atoms with van der Waals surface area (Å²) in [4.78, 5) is 18.4. The second-order valence-corrected chi connectivity index (χ2v) is 8.49. The number of methoxy groups -OCH3 is 1. The smallest absolute Gasteiger partial charge is 0.236 e. The van der Waals surface area contributed by atoms with Crippen molar-refractivity contribution in [3.05, 3.63) is 63.8 Å². The quantitative estimate of drug-likeness (QED) is 0.639. The molecule has 0 aliphatic carbocycles. The van der Waals surface area contributed by atoms with Crippen LogP contribution in [0.1, 0.15) is 29.0 Å². The van der Waals surface area contributed by atoms with Gasteiger partial charge in [-0.1, -0.05) is 18.2 Å². The zero-order chi connectivity index (χ0) is 19.7. The summed E-state index contributed by atoms with van der Waals surface area (Å²) in [6.07, 6.45) is 1.04. The molecule has 1 atom stereocenters. The Bertz CT molecular complexity index is 997. The molecule has 1 aliphatic heterocycles. The SMILES string of the molecule is COc1ccc2cc(CN(C)C(=O)CN3CCc4sccc4[C@H]3C)ccc2c1. The van der Waals surface area contributed by atoms with Gasteiger partial charge in [-0.2, -0.15) is 0 Å². The van der Waals surface area contributed by atoms with Crippen molar-refractivity contribution in [2.45, 2.75) is 25.9 Å². The molecule has 1 aliphatic rings. The van der Waals surface area contributed by atoms with Gasteiger partial charge < -0.3 is 9.64 Å². The Labute approximate surface area is 170 Å². The predicted molar refractivity (Wildman–Crippen MR) is 115 cm³/mol. The summed E-state index contributed by atoms with van der Waals surface area (Å²) >= 11 is 1.83. The highest BCUT2D eigenvalue weighted by Gasteiger charge is 2.27. The van der Waals surface area contributed by atoms with Crippen molar-refractivity contribution in [1.82, 2.24) is 9.80 Å². The van der Waals surface area contributed by atoms with Crippen LogP contribution in [0.5, 0.6) is 5.75 Å². The van der Waals surface area contributed by atoms with Crippen molar-refractivity contribution in [3.63, 3.8) is 0 Å². The molecule has 0 bridgehead atoms. The fraction of sp³-hybridized carbons (Fsp3) is 0.348. The van der Waals surface area contributed by atoms with E-state index in [1.54, 1.807) is 7.11 Å². The van der Waals surface area contributed by atoms with Crippen LogP contribution < -0.4 is 4.74 Å². The van der Waals surface area contributed by atoms with Crippen molar-refractivity contribution in [1.29, 1.82) is 0 Å². The standard InChI is InChI=1S/C23H26N2O2S/c1-16-21-9-11-28-22(21)8-10-25(16)15-23(26)24(2)14-17-4-5-19-13-20(27-3)7-6-18(19)12-17/h4-7,9,11-13,16H,8,10,14-15H2,1-3H3/t16-/m1/s1. The van der Waals surface area contributed by atoms with E-state index in [0.29, 0.717) is 19.1 Å². The third kappa shape index (κ3) is 3.77. The largest absolute Gasteiger partial charge is 0.497 e. The number of hydrogen-bond acceptors (Lipinski definition) is 4. The Balaban J connectivity index is 1.41. The van der Waals surface area contributed by atoms with Crippen molar-refractivity contribution in [2.24, 2.45) is 0 Å². The number of fused-ring (bicyclic) bond motifs is 2. The minimum absolute atomic E-state index is 0.167. The summed E-state index contributed by atoms with van der Waals surface area (Å²) in [5.74, 6) is 1.03. The first-order chi connectivity index (χ1) is 13.5. The molecule has 1 aromatic heterocycles. The summed E-state index contributed by atoms with van der Waals surface area (Å²) < 4.78 is 5.29. The first kappa shape index (κ1) is 19.0. The van der Waals surface area contributed by atoms with E-state index in [4.69, 9.17) is 4.74 Å². The number of ether oxygens (including phenoxy) is 1. The number of amides is 1. The highest BCUT2D eigenvalue weighted by Crippen LogP contribution is 2.32. The van der Waals surface area contributed by atoms with E-state index in [2.05, 4.69) is 47.5 Å². The summed E-state index contributed by atoms with van der Waals surface area (Å²) in [6, 6.07) is 14.9. The van der Waals surface area contributed by atoms with Crippen molar-refractivity contribution < 1.29 is 9.53 Å². The van der Waals surface area contributed by atoms with E-state index in [9.17, 15) is 4.79 Å². The van der Waals surface area contributed by atoms with Crippen LogP contribution in [0.2, 0.25) is 0 Å². The molecule has 0 spiro atoms. The molecule has 4 nitrogen and oxygen atoms in total. The van der Waals surface area contributed by atoms with Crippen LogP contribution >= 0.6 is 11.3 Å². The highest BCUT2D eigenvalue weighted by atomic mass is 32.1. The van der Waals surface area contributed by atoms with E-state index in [1.165, 1.54) is 10.4 Å². The molecule has 2 heterocycles. The Hall–Kier alpha value is -2.37. The molecule has 1 amide bonds. The number of carbonyl (C=O) groups is 1. The van der Waals surface area contributed by atoms with Crippen LogP contribution in [-0.2, 0) is 17.8 Å². The molecule has 0 N–H and O–H groups in total. The summed E-state index contributed by atoms with van der Waals surface area (Å²) in [5, 5.41) is 4.47. The fourth-order valence-corrected chi connectivity index (χ4v) is 4.90. The number of carbonyl (C=O) groups excluding carboxylic acids is 1. The number of likely N-dealkylation sites (N-methyl/N-ethyl adjacent to an activating group) is 1. The topological polar surface area (TPSA) is 32.8 Å². The van der Waals surface area contributed by atoms with E-state index < -0.39 is 0 Å². The lowest BCUT2D eigenvalue weighted by atomic mass is 10.0. The van der Waals surface area contributed by atoms with Gasteiger partial charge in [0.1, 0.15) is 5.75 Å². The Morgan fingerprint density at radius 3 is 2.82 bits per heavy atom. The zero-order valence-corrected chi connectivity index (χ0v) is 17.5. The van der Waals surface area contributed by atoms with E-state index >= 15 is 0 Å². The average molecular weight is 395 g/mol. The molecule has 5 heteroatoms. The number of rotatable bonds is 5. The predicted octanol–water partition coefficient (Wildman–Crippen LogP) is 4.49. The maximum Gasteiger partial charge on any atom is 0.236 e. The van der Waals surface area contributed by atoms with Crippen molar-refractivity contribution in [3.8, 4) is 5.75 Å². The summed E-state index contributed by atoms with van der Waals surface area (Å²) in [5.41, 5.74) is 2.52. The van der Waals surface area contributed by atoms with Crippen molar-refractivity contribution >= 4 is 28.0 Å². The van der Waals surface area contributed by atoms with Gasteiger partial charge in [0.15, 0.2) is 0 Å². The highest BCUT2D eigenvalue weighted by molar-refractivity contribution is 7.10. The molecule has 2 aromatic carbocycles. The molecular formula is C23H26N2O2S. The van der Waals surface area contributed by atoms with Crippen LogP contribution in [0.15, 0.2) is 47.8 Å². The lowest BCUT2D eigenvalue weighted by molar-refractivity contribution is -0.132. The van der Waals surface area contributed by atoms with E-state index in [1.807, 2.05) is 35.4 Å². The maximum absolute atomic E-state index is 12.8. The number of nitrogens with zero attached hydrogens (tertiary/aromatic N) is 2. The first-order valence-corrected chi connectivity index (χ1v) is 10.5. The van der Waals surface area contributed by atoms with Crippen LogP contribution in [0.25, 0.3) is 10.8 Å². The molecule has 0 radical (unpaired) electrons. The van der Waals surface area contributed by atoms with Crippen molar-refractivity contribution in [2.75, 3.05) is 27.2 Å². The Morgan fingerprint density at radius 2 is 2.00 bits per heavy atom. The third-order valence-corrected chi connectivity index (χ3v) is 6.70. The summed E-state index contributed by atoms with van der Waals surface area (Å²) in [7, 11) is 3.57. The van der Waals surface area contributed by atoms with Gasteiger partial charge in [0, 0.05) is 31.1 Å². The molecule has 28 heavy (non-hydrogen) atoms. The number of thiophene rings is 1. The van der Waals surface area contributed by atoms with E-state index in [-0.39, 0.29) is 5.91 Å². The minimum atomic E-state index is 0.167. The number of benzene rings is 2. The fourth-order valence-electron chi connectivity index (χ4n) is 3.93. The lowest BCUT2D eigenvalue weighted by Crippen LogP contribution is -2.41. The lowest BCUT2D eigenvalue weighted by Gasteiger charge is -2.34. The summed E-state index contributed by atoms with van der Waals surface area (Å²) in [6.45, 7) is 4.24. The van der Waals surface area contributed by atoms with E-state index in [0.717, 1.165) is 35.1 Å². The van der Waals surface area contributed by atoms with Crippen LogP contribution in [0, 0.1) is 0 Å². The second-order valence-electron chi connectivity index (χ2n) is 7.49. The van der Waals surface area contributed by atoms with Crippen LogP contribution in [-0.4, -0.2) is 43.0 Å². The molecule has 0 unspecified atom stereocenters.